The van der Waals surface area contributed by atoms with E-state index in [0.717, 1.165) is 29.6 Å². The molecule has 0 amide bonds. The van der Waals surface area contributed by atoms with E-state index in [4.69, 9.17) is 9.47 Å². The number of benzene rings is 1. The fraction of sp³-hybridized carbons (Fsp3) is 0.429. The van der Waals surface area contributed by atoms with E-state index in [9.17, 15) is 4.79 Å². The van der Waals surface area contributed by atoms with Crippen LogP contribution < -0.4 is 4.74 Å². The predicted molar refractivity (Wildman–Crippen MR) is 70.5 cm³/mol. The Morgan fingerprint density at radius 3 is 2.89 bits per heavy atom. The molecule has 3 rings (SSSR count). The monoisotopic (exact) mass is 260 g/mol. The lowest BCUT2D eigenvalue weighted by Crippen LogP contribution is -2.12. The molecule has 1 fully saturated rings. The van der Waals surface area contributed by atoms with Gasteiger partial charge in [0.1, 0.15) is 5.75 Å². The van der Waals surface area contributed by atoms with Gasteiger partial charge in [-0.2, -0.15) is 0 Å². The van der Waals surface area contributed by atoms with Crippen LogP contribution in [0, 0.1) is 0 Å². The van der Waals surface area contributed by atoms with Crippen LogP contribution in [0.2, 0.25) is 0 Å². The first kappa shape index (κ1) is 12.0. The number of carbonyl (C=O) groups excluding carboxylic acids is 1. The van der Waals surface area contributed by atoms with Gasteiger partial charge in [0, 0.05) is 12.1 Å². The number of fused-ring (bicyclic) bond motifs is 1. The van der Waals surface area contributed by atoms with E-state index >= 15 is 0 Å². The van der Waals surface area contributed by atoms with Crippen LogP contribution in [0.1, 0.15) is 36.4 Å². The minimum atomic E-state index is -0.357. The molecule has 5 nitrogen and oxygen atoms in total. The first-order valence-electron chi connectivity index (χ1n) is 6.47. The molecule has 100 valence electrons. The molecule has 1 aromatic carbocycles. The quantitative estimate of drug-likeness (QED) is 0.793. The zero-order valence-electron chi connectivity index (χ0n) is 11.0. The van der Waals surface area contributed by atoms with Crippen LogP contribution in [0.5, 0.6) is 5.75 Å². The van der Waals surface area contributed by atoms with Crippen LogP contribution in [0.3, 0.4) is 0 Å². The first-order chi connectivity index (χ1) is 9.24. The molecule has 1 heterocycles. The molecular formula is C14H16N2O3. The Kier molecular flexibility index (Phi) is 2.89. The zero-order chi connectivity index (χ0) is 13.4. The van der Waals surface area contributed by atoms with Crippen molar-refractivity contribution in [2.45, 2.75) is 25.8 Å². The van der Waals surface area contributed by atoms with Gasteiger partial charge in [0.15, 0.2) is 0 Å². The van der Waals surface area contributed by atoms with Crippen molar-refractivity contribution >= 4 is 17.0 Å². The largest absolute Gasteiger partial charge is 0.497 e. The van der Waals surface area contributed by atoms with E-state index in [1.165, 1.54) is 0 Å². The summed E-state index contributed by atoms with van der Waals surface area (Å²) in [5.41, 5.74) is 1.74. The summed E-state index contributed by atoms with van der Waals surface area (Å²) in [6, 6.07) is 6.05. The number of imidazole rings is 1. The topological polar surface area (TPSA) is 53.4 Å². The molecule has 0 unspecified atom stereocenters. The number of methoxy groups -OCH3 is 1. The van der Waals surface area contributed by atoms with Crippen LogP contribution in [-0.4, -0.2) is 29.2 Å². The van der Waals surface area contributed by atoms with Gasteiger partial charge >= 0.3 is 5.97 Å². The maximum atomic E-state index is 12.0. The highest BCUT2D eigenvalue weighted by Crippen LogP contribution is 2.39. The van der Waals surface area contributed by atoms with Crippen molar-refractivity contribution in [3.05, 3.63) is 24.0 Å². The molecule has 0 atom stereocenters. The molecule has 0 radical (unpaired) electrons. The van der Waals surface area contributed by atoms with Crippen LogP contribution in [0.15, 0.2) is 18.2 Å². The van der Waals surface area contributed by atoms with Crippen LogP contribution >= 0.6 is 0 Å². The smallest absolute Gasteiger partial charge is 0.374 e. The third-order valence-electron chi connectivity index (χ3n) is 3.27. The Morgan fingerprint density at radius 2 is 2.26 bits per heavy atom. The summed E-state index contributed by atoms with van der Waals surface area (Å²) in [4.78, 5) is 16.4. The molecule has 0 saturated heterocycles. The summed E-state index contributed by atoms with van der Waals surface area (Å²) in [5.74, 6) is 0.778. The second kappa shape index (κ2) is 4.57. The summed E-state index contributed by atoms with van der Waals surface area (Å²) in [6.45, 7) is 2.15. The minimum Gasteiger partial charge on any atom is -0.497 e. The van der Waals surface area contributed by atoms with Crippen molar-refractivity contribution in [2.75, 3.05) is 13.7 Å². The van der Waals surface area contributed by atoms with Crippen LogP contribution in [0.25, 0.3) is 11.0 Å². The molecule has 5 heteroatoms. The van der Waals surface area contributed by atoms with Gasteiger partial charge in [0.25, 0.3) is 0 Å². The van der Waals surface area contributed by atoms with Crippen molar-refractivity contribution in [3.8, 4) is 5.75 Å². The van der Waals surface area contributed by atoms with Gasteiger partial charge in [-0.1, -0.05) is 0 Å². The van der Waals surface area contributed by atoms with Gasteiger partial charge in [0.2, 0.25) is 5.82 Å². The Hall–Kier alpha value is -2.04. The van der Waals surface area contributed by atoms with E-state index in [1.807, 2.05) is 22.8 Å². The lowest BCUT2D eigenvalue weighted by molar-refractivity contribution is 0.0507. The number of esters is 1. The van der Waals surface area contributed by atoms with Gasteiger partial charge in [-0.25, -0.2) is 9.78 Å². The molecule has 1 saturated carbocycles. The van der Waals surface area contributed by atoms with Crippen molar-refractivity contribution in [1.29, 1.82) is 0 Å². The standard InChI is InChI=1S/C14H16N2O3/c1-3-19-14(17)13-15-11-8-10(18-2)6-7-12(11)16(13)9-4-5-9/h6-9H,3-5H2,1-2H3. The molecule has 0 bridgehead atoms. The molecule has 2 aromatic rings. The summed E-state index contributed by atoms with van der Waals surface area (Å²) < 4.78 is 12.3. The number of carbonyl (C=O) groups is 1. The third kappa shape index (κ3) is 2.05. The van der Waals surface area contributed by atoms with Gasteiger partial charge in [-0.15, -0.1) is 0 Å². The van der Waals surface area contributed by atoms with Gasteiger partial charge < -0.3 is 14.0 Å². The van der Waals surface area contributed by atoms with Crippen molar-refractivity contribution < 1.29 is 14.3 Å². The average molecular weight is 260 g/mol. The van der Waals surface area contributed by atoms with Crippen LogP contribution in [-0.2, 0) is 4.74 Å². The van der Waals surface area contributed by atoms with Gasteiger partial charge in [-0.3, -0.25) is 0 Å². The summed E-state index contributed by atoms with van der Waals surface area (Å²) in [6.07, 6.45) is 2.17. The number of rotatable bonds is 4. The van der Waals surface area contributed by atoms with E-state index in [2.05, 4.69) is 4.98 Å². The second-order valence-electron chi connectivity index (χ2n) is 4.61. The normalized spacial score (nSPS) is 14.6. The minimum absolute atomic E-state index is 0.357. The molecule has 1 aliphatic rings. The molecular weight excluding hydrogens is 244 g/mol. The number of ether oxygens (including phenoxy) is 2. The van der Waals surface area contributed by atoms with Crippen molar-refractivity contribution in [2.24, 2.45) is 0 Å². The fourth-order valence-electron chi connectivity index (χ4n) is 2.25. The predicted octanol–water partition coefficient (Wildman–Crippen LogP) is 2.56. The Bertz CT molecular complexity index is 629. The SMILES string of the molecule is CCOC(=O)c1nc2cc(OC)ccc2n1C1CC1. The Balaban J connectivity index is 2.14. The maximum absolute atomic E-state index is 12.0. The van der Waals surface area contributed by atoms with Crippen molar-refractivity contribution in [1.82, 2.24) is 9.55 Å². The van der Waals surface area contributed by atoms with E-state index in [-0.39, 0.29) is 5.97 Å². The summed E-state index contributed by atoms with van der Waals surface area (Å²) in [7, 11) is 1.62. The molecule has 0 aliphatic heterocycles. The van der Waals surface area contributed by atoms with E-state index < -0.39 is 0 Å². The molecule has 0 spiro atoms. The van der Waals surface area contributed by atoms with E-state index in [0.29, 0.717) is 18.5 Å². The third-order valence-corrected chi connectivity index (χ3v) is 3.27. The first-order valence-corrected chi connectivity index (χ1v) is 6.47. The van der Waals surface area contributed by atoms with Gasteiger partial charge in [-0.05, 0) is 31.9 Å². The zero-order valence-corrected chi connectivity index (χ0v) is 11.0. The number of nitrogens with zero attached hydrogens (tertiary/aromatic N) is 2. The molecule has 1 aliphatic carbocycles. The number of hydrogen-bond acceptors (Lipinski definition) is 4. The number of aromatic nitrogens is 2. The van der Waals surface area contributed by atoms with Gasteiger partial charge in [0.05, 0.1) is 24.8 Å². The molecule has 19 heavy (non-hydrogen) atoms. The van der Waals surface area contributed by atoms with Crippen LogP contribution in [0.4, 0.5) is 0 Å². The maximum Gasteiger partial charge on any atom is 0.374 e. The number of hydrogen-bond donors (Lipinski definition) is 0. The lowest BCUT2D eigenvalue weighted by atomic mass is 10.3. The molecule has 1 aromatic heterocycles. The lowest BCUT2D eigenvalue weighted by Gasteiger charge is -2.06. The summed E-state index contributed by atoms with van der Waals surface area (Å²) in [5, 5.41) is 0. The second-order valence-corrected chi connectivity index (χ2v) is 4.61. The highest BCUT2D eigenvalue weighted by molar-refractivity contribution is 5.91. The average Bonchev–Trinajstić information content (AvgIpc) is 3.18. The highest BCUT2D eigenvalue weighted by atomic mass is 16.5. The summed E-state index contributed by atoms with van der Waals surface area (Å²) >= 11 is 0. The fourth-order valence-corrected chi connectivity index (χ4v) is 2.25. The van der Waals surface area contributed by atoms with E-state index in [1.54, 1.807) is 14.0 Å². The van der Waals surface area contributed by atoms with Crippen molar-refractivity contribution in [3.63, 3.8) is 0 Å². The Morgan fingerprint density at radius 1 is 1.47 bits per heavy atom. The Labute approximate surface area is 111 Å². The molecule has 0 N–H and O–H groups in total. The highest BCUT2D eigenvalue weighted by Gasteiger charge is 2.31.